The molecule has 0 radical (unpaired) electrons. The number of aryl methyl sites for hydroxylation is 1. The van der Waals surface area contributed by atoms with E-state index < -0.39 is 0 Å². The third-order valence-corrected chi connectivity index (χ3v) is 3.94. The van der Waals surface area contributed by atoms with Gasteiger partial charge in [-0.1, -0.05) is 56.3 Å². The Morgan fingerprint density at radius 2 is 1.92 bits per heavy atom. The first-order valence-corrected chi connectivity index (χ1v) is 8.45. The molecule has 0 aliphatic rings. The van der Waals surface area contributed by atoms with Gasteiger partial charge in [0.1, 0.15) is 5.75 Å². The molecule has 0 spiro atoms. The van der Waals surface area contributed by atoms with Gasteiger partial charge in [-0.3, -0.25) is 4.79 Å². The fourth-order valence-corrected chi connectivity index (χ4v) is 2.61. The first kappa shape index (κ1) is 17.7. The van der Waals surface area contributed by atoms with E-state index in [9.17, 15) is 4.79 Å². The van der Waals surface area contributed by atoms with E-state index in [1.54, 1.807) is 0 Å². The molecule has 3 aromatic rings. The summed E-state index contributed by atoms with van der Waals surface area (Å²) in [5.74, 6) is 0.974. The maximum absolute atomic E-state index is 12.3. The van der Waals surface area contributed by atoms with Gasteiger partial charge < -0.3 is 10.1 Å². The van der Waals surface area contributed by atoms with Crippen LogP contribution in [-0.2, 0) is 4.79 Å². The van der Waals surface area contributed by atoms with Crippen LogP contribution in [-0.4, -0.2) is 22.8 Å². The molecule has 1 N–H and O–H groups in total. The van der Waals surface area contributed by atoms with Crippen LogP contribution in [0.3, 0.4) is 0 Å². The molecule has 6 heteroatoms. The normalized spacial score (nSPS) is 10.8. The number of aromatic nitrogens is 2. The van der Waals surface area contributed by atoms with E-state index in [0.717, 1.165) is 22.4 Å². The zero-order valence-electron chi connectivity index (χ0n) is 15.0. The van der Waals surface area contributed by atoms with Gasteiger partial charge in [-0.25, -0.2) is 4.63 Å². The van der Waals surface area contributed by atoms with Crippen LogP contribution in [0.15, 0.2) is 53.2 Å². The van der Waals surface area contributed by atoms with E-state index in [1.807, 2.05) is 55.5 Å². The molecule has 0 aliphatic carbocycles. The molecule has 0 atom stereocenters. The van der Waals surface area contributed by atoms with Crippen molar-refractivity contribution < 1.29 is 14.2 Å². The van der Waals surface area contributed by atoms with Gasteiger partial charge in [-0.05, 0) is 40.3 Å². The van der Waals surface area contributed by atoms with Crippen LogP contribution in [0.5, 0.6) is 5.75 Å². The zero-order chi connectivity index (χ0) is 18.5. The van der Waals surface area contributed by atoms with E-state index in [-0.39, 0.29) is 18.3 Å². The van der Waals surface area contributed by atoms with Crippen LogP contribution in [0.25, 0.3) is 11.3 Å². The lowest BCUT2D eigenvalue weighted by atomic mass is 10.0. The van der Waals surface area contributed by atoms with Crippen LogP contribution in [0.2, 0.25) is 0 Å². The van der Waals surface area contributed by atoms with Gasteiger partial charge >= 0.3 is 0 Å². The molecule has 0 fully saturated rings. The zero-order valence-corrected chi connectivity index (χ0v) is 15.0. The number of nitrogens with zero attached hydrogens (tertiary/aromatic N) is 2. The van der Waals surface area contributed by atoms with E-state index in [4.69, 9.17) is 9.37 Å². The first-order chi connectivity index (χ1) is 12.5. The number of amides is 1. The molecular weight excluding hydrogens is 330 g/mol. The molecule has 1 heterocycles. The molecule has 0 unspecified atom stereocenters. The fourth-order valence-electron chi connectivity index (χ4n) is 2.61. The third kappa shape index (κ3) is 4.08. The molecule has 6 nitrogen and oxygen atoms in total. The highest BCUT2D eigenvalue weighted by Crippen LogP contribution is 2.28. The molecule has 2 aromatic carbocycles. The number of carbonyl (C=O) groups is 1. The quantitative estimate of drug-likeness (QED) is 0.721. The number of ether oxygens (including phenoxy) is 1. The second-order valence-corrected chi connectivity index (χ2v) is 6.36. The Kier molecular flexibility index (Phi) is 5.31. The number of nitrogens with one attached hydrogen (secondary N) is 1. The standard InChI is InChI=1S/C20H21N3O3/c1-13(2)16-10-9-14(3)11-17(16)25-12-18(24)21-20-19(22-26-23-20)15-7-5-4-6-8-15/h4-11,13H,12H2,1-3H3,(H,21,23,24). The second-order valence-electron chi connectivity index (χ2n) is 6.36. The van der Waals surface area contributed by atoms with Gasteiger partial charge in [0.05, 0.1) is 0 Å². The summed E-state index contributed by atoms with van der Waals surface area (Å²) < 4.78 is 10.5. The number of carbonyl (C=O) groups excluding carboxylic acids is 1. The van der Waals surface area contributed by atoms with Crippen LogP contribution >= 0.6 is 0 Å². The lowest BCUT2D eigenvalue weighted by Crippen LogP contribution is -2.21. The van der Waals surface area contributed by atoms with Gasteiger partial charge in [0, 0.05) is 5.56 Å². The van der Waals surface area contributed by atoms with Crippen LogP contribution < -0.4 is 10.1 Å². The molecule has 0 saturated carbocycles. The van der Waals surface area contributed by atoms with Crippen molar-refractivity contribution in [2.45, 2.75) is 26.7 Å². The Balaban J connectivity index is 1.68. The molecule has 134 valence electrons. The molecule has 0 bridgehead atoms. The van der Waals surface area contributed by atoms with E-state index >= 15 is 0 Å². The number of anilines is 1. The molecule has 3 rings (SSSR count). The average molecular weight is 351 g/mol. The number of rotatable bonds is 6. The van der Waals surface area contributed by atoms with Crippen molar-refractivity contribution in [3.63, 3.8) is 0 Å². The summed E-state index contributed by atoms with van der Waals surface area (Å²) >= 11 is 0. The number of benzene rings is 2. The fraction of sp³-hybridized carbons (Fsp3) is 0.250. The van der Waals surface area contributed by atoms with Crippen LogP contribution in [0, 0.1) is 6.92 Å². The van der Waals surface area contributed by atoms with E-state index in [2.05, 4.69) is 29.5 Å². The summed E-state index contributed by atoms with van der Waals surface area (Å²) in [7, 11) is 0. The smallest absolute Gasteiger partial charge is 0.263 e. The third-order valence-electron chi connectivity index (χ3n) is 3.94. The van der Waals surface area contributed by atoms with Crippen molar-refractivity contribution in [1.82, 2.24) is 10.3 Å². The Morgan fingerprint density at radius 3 is 2.65 bits per heavy atom. The molecular formula is C20H21N3O3. The monoisotopic (exact) mass is 351 g/mol. The van der Waals surface area contributed by atoms with Gasteiger partial charge in [0.15, 0.2) is 12.3 Å². The highest BCUT2D eigenvalue weighted by atomic mass is 16.6. The molecule has 1 aromatic heterocycles. The highest BCUT2D eigenvalue weighted by Gasteiger charge is 2.16. The second kappa shape index (κ2) is 7.82. The lowest BCUT2D eigenvalue weighted by Gasteiger charge is -2.14. The van der Waals surface area contributed by atoms with Crippen molar-refractivity contribution >= 4 is 11.7 Å². The minimum Gasteiger partial charge on any atom is -0.483 e. The topological polar surface area (TPSA) is 77.2 Å². The Labute approximate surface area is 152 Å². The van der Waals surface area contributed by atoms with Crippen molar-refractivity contribution in [3.8, 4) is 17.0 Å². The summed E-state index contributed by atoms with van der Waals surface area (Å²) in [6.07, 6.45) is 0. The van der Waals surface area contributed by atoms with Gasteiger partial charge in [0.25, 0.3) is 5.91 Å². The number of hydrogen-bond acceptors (Lipinski definition) is 5. The summed E-state index contributed by atoms with van der Waals surface area (Å²) in [6.45, 7) is 6.05. The van der Waals surface area contributed by atoms with Crippen molar-refractivity contribution in [1.29, 1.82) is 0 Å². The van der Waals surface area contributed by atoms with Gasteiger partial charge in [0.2, 0.25) is 5.82 Å². The molecule has 1 amide bonds. The van der Waals surface area contributed by atoms with Crippen molar-refractivity contribution in [3.05, 3.63) is 59.7 Å². The van der Waals surface area contributed by atoms with E-state index in [0.29, 0.717) is 11.6 Å². The molecule has 0 saturated heterocycles. The van der Waals surface area contributed by atoms with Crippen molar-refractivity contribution in [2.75, 3.05) is 11.9 Å². The largest absolute Gasteiger partial charge is 0.483 e. The minimum absolute atomic E-state index is 0.121. The maximum Gasteiger partial charge on any atom is 0.263 e. The predicted octanol–water partition coefficient (Wildman–Crippen LogP) is 4.19. The SMILES string of the molecule is Cc1ccc(C(C)C)c(OCC(=O)Nc2nonc2-c2ccccc2)c1. The number of hydrogen-bond donors (Lipinski definition) is 1. The van der Waals surface area contributed by atoms with Crippen LogP contribution in [0.4, 0.5) is 5.82 Å². The molecule has 26 heavy (non-hydrogen) atoms. The minimum atomic E-state index is -0.325. The summed E-state index contributed by atoms with van der Waals surface area (Å²) in [6, 6.07) is 15.4. The Bertz CT molecular complexity index is 888. The predicted molar refractivity (Wildman–Crippen MR) is 99.1 cm³/mol. The van der Waals surface area contributed by atoms with Gasteiger partial charge in [-0.15, -0.1) is 0 Å². The summed E-state index contributed by atoms with van der Waals surface area (Å²) in [5.41, 5.74) is 3.44. The molecule has 0 aliphatic heterocycles. The summed E-state index contributed by atoms with van der Waals surface area (Å²) in [5, 5.41) is 10.3. The average Bonchev–Trinajstić information content (AvgIpc) is 3.08. The highest BCUT2D eigenvalue weighted by molar-refractivity contribution is 5.94. The summed E-state index contributed by atoms with van der Waals surface area (Å²) in [4.78, 5) is 12.3. The Hall–Kier alpha value is -3.15. The lowest BCUT2D eigenvalue weighted by molar-refractivity contribution is -0.118. The van der Waals surface area contributed by atoms with E-state index in [1.165, 1.54) is 0 Å². The van der Waals surface area contributed by atoms with Crippen LogP contribution in [0.1, 0.15) is 30.9 Å². The first-order valence-electron chi connectivity index (χ1n) is 8.45. The maximum atomic E-state index is 12.3. The van der Waals surface area contributed by atoms with Gasteiger partial charge in [-0.2, -0.15) is 0 Å². The Morgan fingerprint density at radius 1 is 1.15 bits per heavy atom. The van der Waals surface area contributed by atoms with Crippen molar-refractivity contribution in [2.24, 2.45) is 0 Å².